The molecule has 1 aliphatic carbocycles. The van der Waals surface area contributed by atoms with Crippen LogP contribution in [0.4, 0.5) is 4.39 Å². The number of hydrogen-bond acceptors (Lipinski definition) is 4. The van der Waals surface area contributed by atoms with Gasteiger partial charge < -0.3 is 10.8 Å². The summed E-state index contributed by atoms with van der Waals surface area (Å²) in [4.78, 5) is 0.0228. The lowest BCUT2D eigenvalue weighted by Gasteiger charge is -2.27. The first-order chi connectivity index (χ1) is 12.4. The van der Waals surface area contributed by atoms with Crippen LogP contribution < -0.4 is 5.73 Å². The summed E-state index contributed by atoms with van der Waals surface area (Å²) in [5.41, 5.74) is 7.08. The number of nitrogens with two attached hydrogens (primary N) is 1. The van der Waals surface area contributed by atoms with E-state index in [0.717, 1.165) is 30.5 Å². The van der Waals surface area contributed by atoms with Crippen molar-refractivity contribution in [2.75, 3.05) is 6.54 Å². The van der Waals surface area contributed by atoms with Crippen LogP contribution in [0.5, 0.6) is 0 Å². The predicted molar refractivity (Wildman–Crippen MR) is 97.4 cm³/mol. The van der Waals surface area contributed by atoms with Crippen LogP contribution in [0, 0.1) is 5.82 Å². The van der Waals surface area contributed by atoms with Gasteiger partial charge in [0.15, 0.2) is 0 Å². The third kappa shape index (κ3) is 4.48. The zero-order valence-electron chi connectivity index (χ0n) is 14.3. The molecule has 0 aliphatic heterocycles. The molecule has 3 rings (SSSR count). The summed E-state index contributed by atoms with van der Waals surface area (Å²) in [6.07, 6.45) is 0.963. The summed E-state index contributed by atoms with van der Waals surface area (Å²) in [7, 11) is -3.80. The summed E-state index contributed by atoms with van der Waals surface area (Å²) in [5, 5.41) is 10.5. The molecule has 0 radical (unpaired) electrons. The minimum atomic E-state index is -3.80. The van der Waals surface area contributed by atoms with Gasteiger partial charge in [0.25, 0.3) is 0 Å². The Morgan fingerprint density at radius 3 is 2.31 bits per heavy atom. The molecule has 0 spiro atoms. The third-order valence-electron chi connectivity index (χ3n) is 4.55. The molecular weight excluding hydrogens is 355 g/mol. The number of sulfonamides is 1. The largest absolute Gasteiger partial charge is 0.390 e. The van der Waals surface area contributed by atoms with E-state index in [4.69, 9.17) is 5.73 Å². The van der Waals surface area contributed by atoms with E-state index in [1.165, 1.54) is 16.4 Å². The van der Waals surface area contributed by atoms with Crippen molar-refractivity contribution < 1.29 is 17.9 Å². The number of aliphatic hydroxyl groups excluding tert-OH is 1. The van der Waals surface area contributed by atoms with Gasteiger partial charge in [0.05, 0.1) is 11.0 Å². The number of benzene rings is 2. The Morgan fingerprint density at radius 1 is 1.12 bits per heavy atom. The molecule has 2 aromatic carbocycles. The highest BCUT2D eigenvalue weighted by Gasteiger charge is 2.39. The van der Waals surface area contributed by atoms with Gasteiger partial charge in [-0.3, -0.25) is 0 Å². The van der Waals surface area contributed by atoms with Crippen LogP contribution in [0.2, 0.25) is 0 Å². The van der Waals surface area contributed by atoms with E-state index in [2.05, 4.69) is 0 Å². The first-order valence-corrected chi connectivity index (χ1v) is 10.1. The second-order valence-electron chi connectivity index (χ2n) is 6.68. The molecule has 1 saturated carbocycles. The highest BCUT2D eigenvalue weighted by Crippen LogP contribution is 2.32. The van der Waals surface area contributed by atoms with Gasteiger partial charge in [-0.05, 0) is 49.1 Å². The fraction of sp³-hybridized carbons (Fsp3) is 0.368. The van der Waals surface area contributed by atoms with Crippen LogP contribution in [0.25, 0.3) is 0 Å². The second kappa shape index (κ2) is 7.84. The van der Waals surface area contributed by atoms with Gasteiger partial charge in [0.2, 0.25) is 10.0 Å². The van der Waals surface area contributed by atoms with E-state index < -0.39 is 28.0 Å². The lowest BCUT2D eigenvalue weighted by molar-refractivity contribution is 0.117. The Labute approximate surface area is 153 Å². The third-order valence-corrected chi connectivity index (χ3v) is 6.48. The van der Waals surface area contributed by atoms with Crippen molar-refractivity contribution in [1.29, 1.82) is 0 Å². The summed E-state index contributed by atoms with van der Waals surface area (Å²) in [6, 6.07) is 13.5. The summed E-state index contributed by atoms with van der Waals surface area (Å²) in [6.45, 7) is -0.0711. The molecule has 0 heterocycles. The zero-order chi connectivity index (χ0) is 18.7. The van der Waals surface area contributed by atoms with Gasteiger partial charge in [0, 0.05) is 18.6 Å². The Morgan fingerprint density at radius 2 is 1.73 bits per heavy atom. The highest BCUT2D eigenvalue weighted by molar-refractivity contribution is 7.89. The molecule has 0 aromatic heterocycles. The van der Waals surface area contributed by atoms with Crippen LogP contribution in [-0.2, 0) is 16.4 Å². The van der Waals surface area contributed by atoms with Crippen molar-refractivity contribution in [2.45, 2.75) is 42.3 Å². The SMILES string of the molecule is N[C@@H](Cc1ccccc1)[C@H](O)CN(C1CC1)S(=O)(=O)c1ccc(F)cc1. The molecule has 0 unspecified atom stereocenters. The maximum absolute atomic E-state index is 13.1. The molecule has 0 amide bonds. The van der Waals surface area contributed by atoms with Crippen molar-refractivity contribution in [3.05, 3.63) is 66.0 Å². The average Bonchev–Trinajstić information content (AvgIpc) is 3.45. The van der Waals surface area contributed by atoms with Crippen molar-refractivity contribution in [3.63, 3.8) is 0 Å². The molecule has 5 nitrogen and oxygen atoms in total. The lowest BCUT2D eigenvalue weighted by atomic mass is 10.0. The van der Waals surface area contributed by atoms with Crippen LogP contribution in [0.3, 0.4) is 0 Å². The van der Waals surface area contributed by atoms with Crippen LogP contribution in [0.15, 0.2) is 59.5 Å². The van der Waals surface area contributed by atoms with E-state index >= 15 is 0 Å². The molecule has 26 heavy (non-hydrogen) atoms. The number of aliphatic hydroxyl groups is 1. The topological polar surface area (TPSA) is 83.6 Å². The molecule has 0 bridgehead atoms. The summed E-state index contributed by atoms with van der Waals surface area (Å²) < 4.78 is 40.2. The molecule has 1 fully saturated rings. The lowest BCUT2D eigenvalue weighted by Crippen LogP contribution is -2.47. The fourth-order valence-corrected chi connectivity index (χ4v) is 4.59. The van der Waals surface area contributed by atoms with Gasteiger partial charge in [-0.1, -0.05) is 30.3 Å². The fourth-order valence-electron chi connectivity index (χ4n) is 2.89. The van der Waals surface area contributed by atoms with Gasteiger partial charge >= 0.3 is 0 Å². The van der Waals surface area contributed by atoms with E-state index in [-0.39, 0.29) is 17.5 Å². The van der Waals surface area contributed by atoms with Gasteiger partial charge in [-0.25, -0.2) is 12.8 Å². The minimum Gasteiger partial charge on any atom is -0.390 e. The normalized spacial score (nSPS) is 17.2. The number of nitrogens with zero attached hydrogens (tertiary/aromatic N) is 1. The second-order valence-corrected chi connectivity index (χ2v) is 8.57. The first-order valence-electron chi connectivity index (χ1n) is 8.63. The number of hydrogen-bond donors (Lipinski definition) is 2. The van der Waals surface area contributed by atoms with Crippen LogP contribution in [0.1, 0.15) is 18.4 Å². The molecule has 1 aliphatic rings. The van der Waals surface area contributed by atoms with E-state index in [1.54, 1.807) is 0 Å². The molecule has 140 valence electrons. The van der Waals surface area contributed by atoms with Crippen molar-refractivity contribution >= 4 is 10.0 Å². The van der Waals surface area contributed by atoms with Crippen LogP contribution in [-0.4, -0.2) is 42.6 Å². The highest BCUT2D eigenvalue weighted by atomic mass is 32.2. The smallest absolute Gasteiger partial charge is 0.243 e. The van der Waals surface area contributed by atoms with Crippen molar-refractivity contribution in [1.82, 2.24) is 4.31 Å². The minimum absolute atomic E-state index is 0.0228. The first kappa shape index (κ1) is 19.0. The van der Waals surface area contributed by atoms with Gasteiger partial charge in [0.1, 0.15) is 5.82 Å². The predicted octanol–water partition coefficient (Wildman–Crippen LogP) is 1.91. The van der Waals surface area contributed by atoms with E-state index in [1.807, 2.05) is 30.3 Å². The van der Waals surface area contributed by atoms with E-state index in [9.17, 15) is 17.9 Å². The molecule has 0 saturated heterocycles. The Hall–Kier alpha value is -1.80. The standard InChI is InChI=1S/C19H23FN2O3S/c20-15-6-10-17(11-7-15)26(24,25)22(16-8-9-16)13-19(23)18(21)12-14-4-2-1-3-5-14/h1-7,10-11,16,18-19,23H,8-9,12-13,21H2/t18-,19+/m0/s1. The van der Waals surface area contributed by atoms with E-state index in [0.29, 0.717) is 6.42 Å². The molecule has 7 heteroatoms. The van der Waals surface area contributed by atoms with Crippen molar-refractivity contribution in [3.8, 4) is 0 Å². The Bertz CT molecular complexity index is 824. The maximum atomic E-state index is 13.1. The molecule has 3 N–H and O–H groups in total. The summed E-state index contributed by atoms with van der Waals surface area (Å²) in [5.74, 6) is -0.494. The Kier molecular flexibility index (Phi) is 5.72. The summed E-state index contributed by atoms with van der Waals surface area (Å²) >= 11 is 0. The molecule has 2 aromatic rings. The quantitative estimate of drug-likeness (QED) is 0.735. The van der Waals surface area contributed by atoms with Gasteiger partial charge in [-0.15, -0.1) is 0 Å². The zero-order valence-corrected chi connectivity index (χ0v) is 15.1. The van der Waals surface area contributed by atoms with Gasteiger partial charge in [-0.2, -0.15) is 4.31 Å². The monoisotopic (exact) mass is 378 g/mol. The van der Waals surface area contributed by atoms with Crippen molar-refractivity contribution in [2.24, 2.45) is 5.73 Å². The Balaban J connectivity index is 1.73. The number of rotatable bonds is 8. The number of halogens is 1. The average molecular weight is 378 g/mol. The maximum Gasteiger partial charge on any atom is 0.243 e. The van der Waals surface area contributed by atoms with Crippen LogP contribution >= 0.6 is 0 Å². The molecular formula is C19H23FN2O3S. The molecule has 2 atom stereocenters.